The number of hydrazine groups is 1. The Balaban J connectivity index is 1.51. The third-order valence-corrected chi connectivity index (χ3v) is 10.9. The maximum Gasteiger partial charge on any atom is 0.260 e. The van der Waals surface area contributed by atoms with Crippen molar-refractivity contribution in [1.29, 1.82) is 0 Å². The number of methoxy groups -OCH3 is 2. The third kappa shape index (κ3) is 4.67. The van der Waals surface area contributed by atoms with Gasteiger partial charge in [-0.15, -0.1) is 0 Å². The van der Waals surface area contributed by atoms with Gasteiger partial charge in [0.25, 0.3) is 11.8 Å². The second-order valence-corrected chi connectivity index (χ2v) is 14.5. The third-order valence-electron chi connectivity index (χ3n) is 10.9. The van der Waals surface area contributed by atoms with E-state index in [4.69, 9.17) is 9.47 Å². The number of ether oxygens (including phenoxy) is 2. The molecular formula is C39H41N3O7. The lowest BCUT2D eigenvalue weighted by atomic mass is 9.49. The van der Waals surface area contributed by atoms with Gasteiger partial charge in [-0.1, -0.05) is 59.7 Å². The van der Waals surface area contributed by atoms with Crippen LogP contribution in [0.4, 0.5) is 5.69 Å². The van der Waals surface area contributed by atoms with Gasteiger partial charge in [-0.25, -0.2) is 0 Å². The summed E-state index contributed by atoms with van der Waals surface area (Å²) in [6.45, 7) is 7.49. The minimum Gasteiger partial charge on any atom is -0.508 e. The zero-order valence-corrected chi connectivity index (χ0v) is 28.5. The first-order valence-electron chi connectivity index (χ1n) is 16.6. The average Bonchev–Trinajstić information content (AvgIpc) is 3.47. The molecule has 6 atom stereocenters. The van der Waals surface area contributed by atoms with E-state index in [1.165, 1.54) is 31.3 Å². The lowest BCUT2D eigenvalue weighted by molar-refractivity contribution is -0.146. The Morgan fingerprint density at radius 1 is 0.857 bits per heavy atom. The van der Waals surface area contributed by atoms with Gasteiger partial charge < -0.3 is 14.6 Å². The number of phenolic OH excluding ortho intramolecular Hbond substituents is 1. The number of carbonyl (C=O) groups excluding carboxylic acids is 4. The Kier molecular flexibility index (Phi) is 7.61. The van der Waals surface area contributed by atoms with Crippen LogP contribution in [0.15, 0.2) is 78.4 Å². The molecule has 2 saturated heterocycles. The van der Waals surface area contributed by atoms with Crippen LogP contribution in [0.5, 0.6) is 17.2 Å². The Hall–Kier alpha value is -5.12. The molecule has 0 spiro atoms. The van der Waals surface area contributed by atoms with Crippen molar-refractivity contribution in [2.24, 2.45) is 23.7 Å². The van der Waals surface area contributed by atoms with Crippen molar-refractivity contribution >= 4 is 29.3 Å². The fraction of sp³-hybridized carbons (Fsp3) is 0.385. The SMILES string of the molecule is COc1cc(O)cc(OC)c1C1C2=CCC3C(=O)N(C(C)(C)C)C(=O)C3C2CC2C(=O)N(Nc3ccc(C)cc3)C(=O)C21c1ccccc1. The van der Waals surface area contributed by atoms with E-state index in [-0.39, 0.29) is 35.5 Å². The van der Waals surface area contributed by atoms with E-state index in [0.717, 1.165) is 16.1 Å². The summed E-state index contributed by atoms with van der Waals surface area (Å²) in [6.07, 6.45) is 2.47. The van der Waals surface area contributed by atoms with E-state index in [1.807, 2.05) is 88.4 Å². The van der Waals surface area contributed by atoms with Crippen molar-refractivity contribution in [3.63, 3.8) is 0 Å². The van der Waals surface area contributed by atoms with E-state index in [1.54, 1.807) is 0 Å². The molecule has 6 unspecified atom stereocenters. The second-order valence-electron chi connectivity index (χ2n) is 14.5. The van der Waals surface area contributed by atoms with Crippen LogP contribution in [0.25, 0.3) is 0 Å². The minimum atomic E-state index is -1.50. The van der Waals surface area contributed by atoms with E-state index < -0.39 is 52.4 Å². The average molecular weight is 664 g/mol. The number of anilines is 1. The van der Waals surface area contributed by atoms with E-state index in [9.17, 15) is 19.5 Å². The first-order valence-corrected chi connectivity index (χ1v) is 16.6. The fourth-order valence-corrected chi connectivity index (χ4v) is 8.93. The van der Waals surface area contributed by atoms with Crippen molar-refractivity contribution < 1.29 is 33.8 Å². The monoisotopic (exact) mass is 663 g/mol. The summed E-state index contributed by atoms with van der Waals surface area (Å²) in [6, 6.07) is 19.6. The lowest BCUT2D eigenvalue weighted by Crippen LogP contribution is -2.53. The van der Waals surface area contributed by atoms with Crippen LogP contribution in [-0.4, -0.2) is 58.4 Å². The maximum absolute atomic E-state index is 15.4. The highest BCUT2D eigenvalue weighted by atomic mass is 16.5. The summed E-state index contributed by atoms with van der Waals surface area (Å²) in [5.41, 5.74) is 4.35. The molecular weight excluding hydrogens is 622 g/mol. The predicted molar refractivity (Wildman–Crippen MR) is 182 cm³/mol. The standard InChI is InChI=1S/C39H41N3O7/c1-21-12-14-23(15-13-21)40-42-35(45)28-20-27-25(16-17-26-31(27)36(46)41(34(26)44)38(2,3)4)33(32-29(48-5)18-24(43)19-30(32)49-6)39(28,37(42)47)22-10-8-7-9-11-22/h7-16,18-19,26-28,31,33,40,43H,17,20H2,1-6H3. The van der Waals surface area contributed by atoms with Gasteiger partial charge in [-0.3, -0.25) is 29.5 Å². The summed E-state index contributed by atoms with van der Waals surface area (Å²) in [5, 5.41) is 11.8. The van der Waals surface area contributed by atoms with Crippen molar-refractivity contribution in [2.75, 3.05) is 19.6 Å². The van der Waals surface area contributed by atoms with Crippen LogP contribution >= 0.6 is 0 Å². The number of rotatable bonds is 6. The van der Waals surface area contributed by atoms with Crippen molar-refractivity contribution in [3.8, 4) is 17.2 Å². The molecule has 2 N–H and O–H groups in total. The summed E-state index contributed by atoms with van der Waals surface area (Å²) in [5.74, 6) is -4.53. The topological polar surface area (TPSA) is 125 Å². The smallest absolute Gasteiger partial charge is 0.260 e. The molecule has 3 aromatic carbocycles. The molecule has 2 heterocycles. The molecule has 2 aliphatic carbocycles. The van der Waals surface area contributed by atoms with Crippen LogP contribution < -0.4 is 14.9 Å². The zero-order chi connectivity index (χ0) is 35.0. The summed E-state index contributed by atoms with van der Waals surface area (Å²) in [4.78, 5) is 59.7. The van der Waals surface area contributed by atoms with Crippen molar-refractivity contribution in [2.45, 2.75) is 57.4 Å². The molecule has 49 heavy (non-hydrogen) atoms. The van der Waals surface area contributed by atoms with Crippen LogP contribution in [0.1, 0.15) is 56.2 Å². The number of hydrogen-bond acceptors (Lipinski definition) is 8. The molecule has 3 fully saturated rings. The molecule has 4 amide bonds. The summed E-state index contributed by atoms with van der Waals surface area (Å²) >= 11 is 0. The number of likely N-dealkylation sites (tertiary alicyclic amines) is 1. The normalized spacial score (nSPS) is 27.8. The highest BCUT2D eigenvalue weighted by Gasteiger charge is 2.71. The quantitative estimate of drug-likeness (QED) is 0.262. The lowest BCUT2D eigenvalue weighted by Gasteiger charge is -2.51. The molecule has 0 bridgehead atoms. The molecule has 7 rings (SSSR count). The number of nitrogens with zero attached hydrogens (tertiary/aromatic N) is 2. The van der Waals surface area contributed by atoms with Crippen LogP contribution in [-0.2, 0) is 24.6 Å². The summed E-state index contributed by atoms with van der Waals surface area (Å²) in [7, 11) is 2.95. The van der Waals surface area contributed by atoms with Gasteiger partial charge in [-0.05, 0) is 64.2 Å². The number of fused-ring (bicyclic) bond motifs is 4. The first kappa shape index (κ1) is 32.4. The molecule has 0 aromatic heterocycles. The first-order chi connectivity index (χ1) is 23.3. The fourth-order valence-electron chi connectivity index (χ4n) is 8.93. The van der Waals surface area contributed by atoms with E-state index in [0.29, 0.717) is 23.2 Å². The zero-order valence-electron chi connectivity index (χ0n) is 28.5. The molecule has 1 saturated carbocycles. The molecule has 254 valence electrons. The Bertz CT molecular complexity index is 1870. The molecule has 0 radical (unpaired) electrons. The number of aromatic hydroxyl groups is 1. The molecule has 4 aliphatic rings. The van der Waals surface area contributed by atoms with Crippen molar-refractivity contribution in [3.05, 3.63) is 95.1 Å². The number of hydrogen-bond donors (Lipinski definition) is 2. The maximum atomic E-state index is 15.4. The number of phenols is 1. The van der Waals surface area contributed by atoms with E-state index in [2.05, 4.69) is 5.43 Å². The number of allylic oxidation sites excluding steroid dienone is 2. The van der Waals surface area contributed by atoms with Crippen LogP contribution in [0.2, 0.25) is 0 Å². The van der Waals surface area contributed by atoms with Gasteiger partial charge in [0.2, 0.25) is 11.8 Å². The van der Waals surface area contributed by atoms with Crippen molar-refractivity contribution in [1.82, 2.24) is 9.91 Å². The Labute approximate surface area is 285 Å². The number of nitrogens with one attached hydrogen (secondary N) is 1. The largest absolute Gasteiger partial charge is 0.508 e. The van der Waals surface area contributed by atoms with Crippen LogP contribution in [0.3, 0.4) is 0 Å². The van der Waals surface area contributed by atoms with Gasteiger partial charge in [0.05, 0.1) is 43.1 Å². The number of aryl methyl sites for hydroxylation is 1. The predicted octanol–water partition coefficient (Wildman–Crippen LogP) is 5.50. The van der Waals surface area contributed by atoms with Gasteiger partial charge in [0.1, 0.15) is 17.2 Å². The van der Waals surface area contributed by atoms with Gasteiger partial charge in [0.15, 0.2) is 0 Å². The van der Waals surface area contributed by atoms with E-state index >= 15 is 4.79 Å². The molecule has 10 heteroatoms. The highest BCUT2D eigenvalue weighted by Crippen LogP contribution is 2.66. The Morgan fingerprint density at radius 2 is 1.49 bits per heavy atom. The highest BCUT2D eigenvalue weighted by molar-refractivity contribution is 6.13. The van der Waals surface area contributed by atoms with Gasteiger partial charge in [0, 0.05) is 29.2 Å². The molecule has 10 nitrogen and oxygen atoms in total. The van der Waals surface area contributed by atoms with Gasteiger partial charge in [-0.2, -0.15) is 5.01 Å². The summed E-state index contributed by atoms with van der Waals surface area (Å²) < 4.78 is 11.8. The van der Waals surface area contributed by atoms with Crippen LogP contribution in [0, 0.1) is 30.6 Å². The number of carbonyl (C=O) groups is 4. The molecule has 2 aliphatic heterocycles. The molecule has 3 aromatic rings. The minimum absolute atomic E-state index is 0.0957. The number of amides is 4. The number of benzene rings is 3. The Morgan fingerprint density at radius 3 is 2.08 bits per heavy atom. The second kappa shape index (κ2) is 11.5. The number of imide groups is 2. The van der Waals surface area contributed by atoms with Gasteiger partial charge >= 0.3 is 0 Å².